The molecule has 180 valence electrons. The second kappa shape index (κ2) is 13.4. The number of hydrogen-bond acceptors (Lipinski definition) is 3. The van der Waals surface area contributed by atoms with Crippen LogP contribution in [-0.4, -0.2) is 19.6 Å². The summed E-state index contributed by atoms with van der Waals surface area (Å²) in [5, 5.41) is 0. The summed E-state index contributed by atoms with van der Waals surface area (Å²) in [7, 11) is -2.64. The Morgan fingerprint density at radius 3 is 1.32 bits per heavy atom. The molecule has 0 unspecified atom stereocenters. The first kappa shape index (κ1) is 26.1. The Morgan fingerprint density at radius 1 is 0.647 bits per heavy atom. The number of unbranched alkanes of at least 4 members (excludes halogenated alkanes) is 2. The van der Waals surface area contributed by atoms with Crippen LogP contribution in [0.1, 0.15) is 39.5 Å². The summed E-state index contributed by atoms with van der Waals surface area (Å²) in [6.45, 7) is 11.0. The predicted octanol–water partition coefficient (Wildman–Crippen LogP) is 9.21. The number of para-hydroxylation sites is 3. The van der Waals surface area contributed by atoms with Crippen LogP contribution >= 0.6 is 18.3 Å². The van der Waals surface area contributed by atoms with E-state index in [1.807, 2.05) is 6.08 Å². The summed E-state index contributed by atoms with van der Waals surface area (Å²) in [4.78, 5) is 0. The molecule has 0 aliphatic heterocycles. The van der Waals surface area contributed by atoms with Gasteiger partial charge in [-0.3, -0.25) is 0 Å². The molecule has 34 heavy (non-hydrogen) atoms. The number of anilines is 3. The zero-order valence-corrected chi connectivity index (χ0v) is 22.2. The van der Waals surface area contributed by atoms with Crippen LogP contribution in [0.4, 0.5) is 17.1 Å². The summed E-state index contributed by atoms with van der Waals surface area (Å²) >= 11 is 8.13. The van der Waals surface area contributed by atoms with Crippen LogP contribution in [0.3, 0.4) is 0 Å². The molecular formula is C29H38ClN3P+. The van der Waals surface area contributed by atoms with E-state index in [1.54, 1.807) is 0 Å². The first-order valence-electron chi connectivity index (χ1n) is 12.4. The van der Waals surface area contributed by atoms with Gasteiger partial charge < -0.3 is 0 Å². The molecule has 0 atom stereocenters. The average Bonchev–Trinajstić information content (AvgIpc) is 2.89. The first-order chi connectivity index (χ1) is 16.7. The largest absolute Gasteiger partial charge is 0.402 e. The van der Waals surface area contributed by atoms with Crippen molar-refractivity contribution in [3.8, 4) is 0 Å². The van der Waals surface area contributed by atoms with Crippen molar-refractivity contribution in [2.45, 2.75) is 39.5 Å². The third kappa shape index (κ3) is 6.14. The molecule has 0 aliphatic carbocycles. The summed E-state index contributed by atoms with van der Waals surface area (Å²) < 4.78 is 7.32. The van der Waals surface area contributed by atoms with Gasteiger partial charge in [0.1, 0.15) is 0 Å². The molecule has 3 aromatic carbocycles. The minimum Gasteiger partial charge on any atom is -0.194 e. The van der Waals surface area contributed by atoms with Gasteiger partial charge in [0.2, 0.25) is 0 Å². The summed E-state index contributed by atoms with van der Waals surface area (Å²) in [5.41, 5.74) is 3.42. The highest BCUT2D eigenvalue weighted by molar-refractivity contribution is 8.02. The fourth-order valence-corrected chi connectivity index (χ4v) is 8.69. The first-order valence-corrected chi connectivity index (χ1v) is 14.9. The van der Waals surface area contributed by atoms with Gasteiger partial charge in [0.15, 0.2) is 11.2 Å². The van der Waals surface area contributed by atoms with E-state index >= 15 is 0 Å². The third-order valence-corrected chi connectivity index (χ3v) is 10.6. The van der Waals surface area contributed by atoms with Crippen molar-refractivity contribution >= 4 is 35.4 Å². The number of rotatable bonds is 14. The molecular weight excluding hydrogens is 457 g/mol. The van der Waals surface area contributed by atoms with Gasteiger partial charge >= 0.3 is 7.07 Å². The Balaban J connectivity index is 2.27. The van der Waals surface area contributed by atoms with Crippen molar-refractivity contribution < 1.29 is 0 Å². The Morgan fingerprint density at radius 2 is 1.00 bits per heavy atom. The molecule has 0 aromatic heterocycles. The van der Waals surface area contributed by atoms with Crippen molar-refractivity contribution in [3.63, 3.8) is 0 Å². The Hall–Kier alpha value is -2.48. The van der Waals surface area contributed by atoms with E-state index < -0.39 is 7.07 Å². The van der Waals surface area contributed by atoms with Crippen LogP contribution in [0.25, 0.3) is 0 Å². The number of nitrogens with zero attached hydrogens (tertiary/aromatic N) is 3. The number of hydrogen-bond donors (Lipinski definition) is 0. The monoisotopic (exact) mass is 494 g/mol. The van der Waals surface area contributed by atoms with Gasteiger partial charge in [-0.1, -0.05) is 87.4 Å². The highest BCUT2D eigenvalue weighted by atomic mass is 35.7. The molecule has 0 aliphatic rings. The SMILES string of the molecule is C=CCN(c1ccccc1)[P+](Cl)(N(CCCC)c1ccccc1)N(CCCC)c1ccccc1. The van der Waals surface area contributed by atoms with Crippen LogP contribution in [0.15, 0.2) is 104 Å². The van der Waals surface area contributed by atoms with Gasteiger partial charge in [-0.05, 0) is 49.2 Å². The van der Waals surface area contributed by atoms with Gasteiger partial charge in [-0.2, -0.15) is 14.0 Å². The number of halogens is 1. The standard InChI is InChI=1S/C29H38ClN3P/c1-4-7-25-32(28-20-14-10-15-21-28)34(30,31(24-6-3)27-18-12-9-13-19-27)33(26-8-5-2)29-22-16-11-17-23-29/h6,9-23H,3-5,7-8,24-26H2,1-2H3/q+1. The van der Waals surface area contributed by atoms with E-state index in [4.69, 9.17) is 11.2 Å². The molecule has 3 aromatic rings. The fraction of sp³-hybridized carbons (Fsp3) is 0.310. The van der Waals surface area contributed by atoms with Crippen LogP contribution in [0.2, 0.25) is 0 Å². The highest BCUT2D eigenvalue weighted by Gasteiger charge is 2.57. The fourth-order valence-electron chi connectivity index (χ4n) is 4.09. The van der Waals surface area contributed by atoms with Gasteiger partial charge in [-0.15, -0.1) is 6.58 Å². The molecule has 0 spiro atoms. The topological polar surface area (TPSA) is 9.72 Å². The lowest BCUT2D eigenvalue weighted by Gasteiger charge is -2.44. The third-order valence-electron chi connectivity index (χ3n) is 5.83. The molecule has 0 bridgehead atoms. The molecule has 0 N–H and O–H groups in total. The molecule has 0 fully saturated rings. The van der Waals surface area contributed by atoms with E-state index in [1.165, 1.54) is 0 Å². The lowest BCUT2D eigenvalue weighted by atomic mass is 10.3. The molecule has 3 rings (SSSR count). The molecule has 0 amide bonds. The molecule has 0 heterocycles. The second-order valence-electron chi connectivity index (χ2n) is 8.33. The number of benzene rings is 3. The molecule has 0 radical (unpaired) electrons. The summed E-state index contributed by atoms with van der Waals surface area (Å²) in [6, 6.07) is 31.9. The van der Waals surface area contributed by atoms with Crippen LogP contribution in [0, 0.1) is 0 Å². The minimum absolute atomic E-state index is 0.659. The normalized spacial score (nSPS) is 11.1. The lowest BCUT2D eigenvalue weighted by Crippen LogP contribution is -2.44. The van der Waals surface area contributed by atoms with Gasteiger partial charge in [0.05, 0.1) is 36.7 Å². The van der Waals surface area contributed by atoms with Crippen molar-refractivity contribution in [3.05, 3.63) is 104 Å². The van der Waals surface area contributed by atoms with E-state index in [9.17, 15) is 0 Å². The smallest absolute Gasteiger partial charge is 0.194 e. The second-order valence-corrected chi connectivity index (χ2v) is 12.1. The molecule has 0 saturated carbocycles. The maximum Gasteiger partial charge on any atom is 0.402 e. The van der Waals surface area contributed by atoms with Crippen molar-refractivity contribution in [2.24, 2.45) is 0 Å². The van der Waals surface area contributed by atoms with E-state index in [-0.39, 0.29) is 0 Å². The summed E-state index contributed by atoms with van der Waals surface area (Å²) in [5.74, 6) is 0. The summed E-state index contributed by atoms with van der Waals surface area (Å²) in [6.07, 6.45) is 6.31. The van der Waals surface area contributed by atoms with E-state index in [0.717, 1.165) is 55.8 Å². The maximum absolute atomic E-state index is 8.13. The molecule has 5 heteroatoms. The zero-order chi connectivity index (χ0) is 24.2. The van der Waals surface area contributed by atoms with E-state index in [0.29, 0.717) is 6.54 Å². The van der Waals surface area contributed by atoms with E-state index in [2.05, 4.69) is 125 Å². The Bertz CT molecular complexity index is 917. The van der Waals surface area contributed by atoms with Crippen LogP contribution in [0.5, 0.6) is 0 Å². The maximum atomic E-state index is 8.13. The van der Waals surface area contributed by atoms with Crippen molar-refractivity contribution in [1.82, 2.24) is 0 Å². The van der Waals surface area contributed by atoms with Crippen molar-refractivity contribution in [2.75, 3.05) is 33.6 Å². The average molecular weight is 495 g/mol. The highest BCUT2D eigenvalue weighted by Crippen LogP contribution is 2.74. The van der Waals surface area contributed by atoms with Crippen LogP contribution in [-0.2, 0) is 0 Å². The Kier molecular flexibility index (Phi) is 10.3. The van der Waals surface area contributed by atoms with Gasteiger partial charge in [-0.25, -0.2) is 0 Å². The van der Waals surface area contributed by atoms with Gasteiger partial charge in [0, 0.05) is 0 Å². The molecule has 3 nitrogen and oxygen atoms in total. The lowest BCUT2D eigenvalue weighted by molar-refractivity contribution is 0.782. The van der Waals surface area contributed by atoms with Gasteiger partial charge in [0.25, 0.3) is 0 Å². The van der Waals surface area contributed by atoms with Crippen molar-refractivity contribution in [1.29, 1.82) is 0 Å². The predicted molar refractivity (Wildman–Crippen MR) is 154 cm³/mol. The Labute approximate surface area is 211 Å². The quantitative estimate of drug-likeness (QED) is 0.163. The molecule has 0 saturated heterocycles. The van der Waals surface area contributed by atoms with Crippen LogP contribution < -0.4 is 14.0 Å². The minimum atomic E-state index is -2.64. The zero-order valence-electron chi connectivity index (χ0n) is 20.6.